The summed E-state index contributed by atoms with van der Waals surface area (Å²) < 4.78 is 3.04. The monoisotopic (exact) mass is 290 g/mol. The van der Waals surface area contributed by atoms with Crippen molar-refractivity contribution in [2.24, 2.45) is 20.0 Å². The van der Waals surface area contributed by atoms with E-state index in [0.717, 1.165) is 0 Å². The van der Waals surface area contributed by atoms with Crippen LogP contribution in [-0.4, -0.2) is 31.4 Å². The molecule has 21 heavy (non-hydrogen) atoms. The van der Waals surface area contributed by atoms with Crippen LogP contribution in [0, 0.1) is 5.92 Å². The number of anilines is 2. The van der Waals surface area contributed by atoms with E-state index in [1.807, 2.05) is 0 Å². The predicted molar refractivity (Wildman–Crippen MR) is 77.8 cm³/mol. The first-order chi connectivity index (χ1) is 9.86. The van der Waals surface area contributed by atoms with Crippen molar-refractivity contribution in [3.05, 3.63) is 24.2 Å². The van der Waals surface area contributed by atoms with Gasteiger partial charge in [0.25, 0.3) is 5.91 Å². The molecule has 0 fully saturated rings. The Morgan fingerprint density at radius 3 is 2.52 bits per heavy atom. The minimum atomic E-state index is -0.358. The average molecular weight is 290 g/mol. The standard InChI is InChI=1S/C13H18N6O2/c1-8(2)12(20)16-11-5-10(17-19(11)4)13(21)15-9-6-14-18(3)7-9/h5-8H,1-4H3,(H,15,21)(H,16,20). The molecule has 0 aliphatic carbocycles. The molecule has 0 saturated heterocycles. The molecule has 2 amide bonds. The van der Waals surface area contributed by atoms with Gasteiger partial charge in [-0.1, -0.05) is 13.8 Å². The molecule has 0 spiro atoms. The molecule has 0 radical (unpaired) electrons. The maximum atomic E-state index is 12.1. The van der Waals surface area contributed by atoms with E-state index in [9.17, 15) is 9.59 Å². The highest BCUT2D eigenvalue weighted by Gasteiger charge is 2.16. The lowest BCUT2D eigenvalue weighted by molar-refractivity contribution is -0.118. The number of hydrogen-bond donors (Lipinski definition) is 2. The number of nitrogens with zero attached hydrogens (tertiary/aromatic N) is 4. The Balaban J connectivity index is 2.10. The summed E-state index contributed by atoms with van der Waals surface area (Å²) in [7, 11) is 3.42. The Morgan fingerprint density at radius 1 is 1.24 bits per heavy atom. The first kappa shape index (κ1) is 14.8. The van der Waals surface area contributed by atoms with Gasteiger partial charge in [-0.25, -0.2) is 0 Å². The first-order valence-electron chi connectivity index (χ1n) is 6.51. The van der Waals surface area contributed by atoms with Gasteiger partial charge >= 0.3 is 0 Å². The van der Waals surface area contributed by atoms with E-state index in [2.05, 4.69) is 20.8 Å². The highest BCUT2D eigenvalue weighted by molar-refractivity contribution is 6.03. The maximum Gasteiger partial charge on any atom is 0.276 e. The molecule has 0 aliphatic heterocycles. The van der Waals surface area contributed by atoms with Crippen LogP contribution in [0.3, 0.4) is 0 Å². The van der Waals surface area contributed by atoms with E-state index in [0.29, 0.717) is 11.5 Å². The van der Waals surface area contributed by atoms with Crippen LogP contribution in [-0.2, 0) is 18.9 Å². The molecule has 2 aromatic heterocycles. The predicted octanol–water partition coefficient (Wildman–Crippen LogP) is 1.00. The first-order valence-corrected chi connectivity index (χ1v) is 6.51. The lowest BCUT2D eigenvalue weighted by Gasteiger charge is -2.06. The Morgan fingerprint density at radius 2 is 1.95 bits per heavy atom. The quantitative estimate of drug-likeness (QED) is 0.878. The van der Waals surface area contributed by atoms with Crippen molar-refractivity contribution in [1.82, 2.24) is 19.6 Å². The summed E-state index contributed by atoms with van der Waals surface area (Å²) in [5.41, 5.74) is 0.807. The van der Waals surface area contributed by atoms with Gasteiger partial charge in [0.15, 0.2) is 5.69 Å². The number of amides is 2. The van der Waals surface area contributed by atoms with Gasteiger partial charge in [-0.3, -0.25) is 19.0 Å². The van der Waals surface area contributed by atoms with E-state index in [1.165, 1.54) is 10.7 Å². The molecule has 0 unspecified atom stereocenters. The Hall–Kier alpha value is -2.64. The van der Waals surface area contributed by atoms with Crippen molar-refractivity contribution < 1.29 is 9.59 Å². The summed E-state index contributed by atoms with van der Waals surface area (Å²) in [6.45, 7) is 3.59. The van der Waals surface area contributed by atoms with Crippen LogP contribution in [0.15, 0.2) is 18.5 Å². The Bertz CT molecular complexity index is 670. The third-order valence-electron chi connectivity index (χ3n) is 2.85. The van der Waals surface area contributed by atoms with Gasteiger partial charge in [0.05, 0.1) is 11.9 Å². The van der Waals surface area contributed by atoms with Crippen molar-refractivity contribution in [2.45, 2.75) is 13.8 Å². The van der Waals surface area contributed by atoms with Crippen LogP contribution in [0.5, 0.6) is 0 Å². The number of nitrogens with one attached hydrogen (secondary N) is 2. The molecule has 2 rings (SSSR count). The molecule has 2 heterocycles. The van der Waals surface area contributed by atoms with Crippen LogP contribution in [0.25, 0.3) is 0 Å². The van der Waals surface area contributed by atoms with Gasteiger partial charge in [0.2, 0.25) is 5.91 Å². The molecular formula is C13H18N6O2. The number of aryl methyl sites for hydroxylation is 2. The van der Waals surface area contributed by atoms with Crippen LogP contribution >= 0.6 is 0 Å². The Kier molecular flexibility index (Phi) is 4.06. The molecule has 0 saturated carbocycles. The topological polar surface area (TPSA) is 93.8 Å². The Labute approximate surface area is 122 Å². The second-order valence-electron chi connectivity index (χ2n) is 5.04. The molecule has 8 heteroatoms. The van der Waals surface area contributed by atoms with Crippen LogP contribution in [0.1, 0.15) is 24.3 Å². The van der Waals surface area contributed by atoms with E-state index >= 15 is 0 Å². The third-order valence-corrected chi connectivity index (χ3v) is 2.85. The van der Waals surface area contributed by atoms with E-state index in [-0.39, 0.29) is 23.4 Å². The summed E-state index contributed by atoms with van der Waals surface area (Å²) in [6, 6.07) is 1.53. The third kappa shape index (κ3) is 3.47. The maximum absolute atomic E-state index is 12.1. The number of carbonyl (C=O) groups is 2. The molecule has 0 atom stereocenters. The molecule has 0 bridgehead atoms. The smallest absolute Gasteiger partial charge is 0.276 e. The lowest BCUT2D eigenvalue weighted by Crippen LogP contribution is -2.19. The van der Waals surface area contributed by atoms with Gasteiger partial charge in [-0.2, -0.15) is 10.2 Å². The van der Waals surface area contributed by atoms with Crippen molar-refractivity contribution in [2.75, 3.05) is 10.6 Å². The molecular weight excluding hydrogens is 272 g/mol. The van der Waals surface area contributed by atoms with Gasteiger partial charge in [0, 0.05) is 32.3 Å². The molecule has 8 nitrogen and oxygen atoms in total. The number of hydrogen-bond acceptors (Lipinski definition) is 4. The minimum Gasteiger partial charge on any atom is -0.318 e. The summed E-state index contributed by atoms with van der Waals surface area (Å²) >= 11 is 0. The van der Waals surface area contributed by atoms with Gasteiger partial charge in [0.1, 0.15) is 5.82 Å². The van der Waals surface area contributed by atoms with Crippen molar-refractivity contribution in [3.8, 4) is 0 Å². The zero-order valence-corrected chi connectivity index (χ0v) is 12.4. The summed E-state index contributed by atoms with van der Waals surface area (Å²) in [5.74, 6) is -0.154. The van der Waals surface area contributed by atoms with Crippen LogP contribution < -0.4 is 10.6 Å². The van der Waals surface area contributed by atoms with Crippen molar-refractivity contribution >= 4 is 23.3 Å². The van der Waals surface area contributed by atoms with Gasteiger partial charge in [-0.05, 0) is 0 Å². The highest BCUT2D eigenvalue weighted by Crippen LogP contribution is 2.13. The average Bonchev–Trinajstić information content (AvgIpc) is 2.96. The fourth-order valence-corrected chi connectivity index (χ4v) is 1.65. The van der Waals surface area contributed by atoms with Crippen LogP contribution in [0.4, 0.5) is 11.5 Å². The van der Waals surface area contributed by atoms with Crippen molar-refractivity contribution in [3.63, 3.8) is 0 Å². The molecule has 0 aromatic carbocycles. The number of aromatic nitrogens is 4. The number of carbonyl (C=O) groups excluding carboxylic acids is 2. The van der Waals surface area contributed by atoms with Gasteiger partial charge < -0.3 is 10.6 Å². The molecule has 112 valence electrons. The highest BCUT2D eigenvalue weighted by atomic mass is 16.2. The molecule has 2 N–H and O–H groups in total. The minimum absolute atomic E-state index is 0.128. The normalized spacial score (nSPS) is 10.7. The van der Waals surface area contributed by atoms with Crippen LogP contribution in [0.2, 0.25) is 0 Å². The zero-order valence-electron chi connectivity index (χ0n) is 12.4. The number of rotatable bonds is 4. The fourth-order valence-electron chi connectivity index (χ4n) is 1.65. The lowest BCUT2D eigenvalue weighted by atomic mass is 10.2. The van der Waals surface area contributed by atoms with E-state index in [1.54, 1.807) is 45.0 Å². The summed E-state index contributed by atoms with van der Waals surface area (Å²) in [5, 5.41) is 13.5. The largest absolute Gasteiger partial charge is 0.318 e. The molecule has 2 aromatic rings. The van der Waals surface area contributed by atoms with Crippen molar-refractivity contribution in [1.29, 1.82) is 0 Å². The molecule has 0 aliphatic rings. The van der Waals surface area contributed by atoms with E-state index in [4.69, 9.17) is 0 Å². The second-order valence-corrected chi connectivity index (χ2v) is 5.04. The summed E-state index contributed by atoms with van der Waals surface area (Å²) in [6.07, 6.45) is 3.23. The SMILES string of the molecule is CC(C)C(=O)Nc1cc(C(=O)Nc2cnn(C)c2)nn1C. The fraction of sp³-hybridized carbons (Fsp3) is 0.385. The second kappa shape index (κ2) is 5.78. The summed E-state index contributed by atoms with van der Waals surface area (Å²) in [4.78, 5) is 23.7. The zero-order chi connectivity index (χ0) is 15.6. The van der Waals surface area contributed by atoms with Gasteiger partial charge in [-0.15, -0.1) is 0 Å². The van der Waals surface area contributed by atoms with E-state index < -0.39 is 0 Å².